The molecule has 0 unspecified atom stereocenters. The molecule has 0 spiro atoms. The van der Waals surface area contributed by atoms with Gasteiger partial charge in [-0.25, -0.2) is 0 Å². The summed E-state index contributed by atoms with van der Waals surface area (Å²) in [5.74, 6) is 4.15. The van der Waals surface area contributed by atoms with E-state index in [1.165, 1.54) is 12.8 Å². The van der Waals surface area contributed by atoms with Crippen molar-refractivity contribution < 1.29 is 18.5 Å². The molecule has 5 saturated carbocycles. The minimum absolute atomic E-state index is 0.00851. The largest absolute Gasteiger partial charge is 0.420 e. The average Bonchev–Trinajstić information content (AvgIpc) is 3.95. The molecule has 2 bridgehead atoms. The van der Waals surface area contributed by atoms with Gasteiger partial charge in [0.2, 0.25) is 23.6 Å². The van der Waals surface area contributed by atoms with E-state index >= 15 is 0 Å². The molecule has 9 heteroatoms. The molecule has 0 radical (unpaired) electrons. The van der Waals surface area contributed by atoms with Gasteiger partial charge in [0.1, 0.15) is 0 Å². The minimum Gasteiger partial charge on any atom is -0.420 e. The van der Waals surface area contributed by atoms with E-state index in [1.54, 1.807) is 0 Å². The minimum atomic E-state index is -0.0100. The standard InChI is InChI=1S/C31H37N5O4/c37-28(22-8-16-38-17-9-22)36(24-3-1-2-23(18-24)27-34-33-26(39-27)21-6-7-21)19-30-10-13-31(14-11-30,15-12-30)29-32-25(35-40-29)20-4-5-20/h1-3,18,20-22H,4-17,19H2. The molecule has 3 aromatic rings. The Labute approximate surface area is 234 Å². The molecule has 5 aliphatic carbocycles. The second-order valence-electron chi connectivity index (χ2n) is 13.1. The third-order valence-corrected chi connectivity index (χ3v) is 10.3. The van der Waals surface area contributed by atoms with Crippen LogP contribution < -0.4 is 4.90 Å². The summed E-state index contributed by atoms with van der Waals surface area (Å²) in [4.78, 5) is 21.1. The third kappa shape index (κ3) is 4.46. The molecule has 210 valence electrons. The van der Waals surface area contributed by atoms with Gasteiger partial charge in [-0.2, -0.15) is 4.98 Å². The van der Waals surface area contributed by atoms with Crippen molar-refractivity contribution >= 4 is 11.6 Å². The Balaban J connectivity index is 1.06. The Hall–Kier alpha value is -3.07. The highest BCUT2D eigenvalue weighted by molar-refractivity contribution is 5.95. The fourth-order valence-corrected chi connectivity index (χ4v) is 7.23. The number of carbonyl (C=O) groups is 1. The normalized spacial score (nSPS) is 28.6. The molecular formula is C31H37N5O4. The van der Waals surface area contributed by atoms with Gasteiger partial charge in [0.15, 0.2) is 5.82 Å². The first-order valence-corrected chi connectivity index (χ1v) is 15.3. The molecule has 1 amide bonds. The highest BCUT2D eigenvalue weighted by Crippen LogP contribution is 2.58. The molecule has 0 N–H and O–H groups in total. The lowest BCUT2D eigenvalue weighted by atomic mass is 9.53. The number of fused-ring (bicyclic) bond motifs is 3. The van der Waals surface area contributed by atoms with Crippen LogP contribution in [0.5, 0.6) is 0 Å². The van der Waals surface area contributed by atoms with E-state index in [0.717, 1.165) is 99.6 Å². The van der Waals surface area contributed by atoms with E-state index in [9.17, 15) is 4.79 Å². The summed E-state index contributed by atoms with van der Waals surface area (Å²) in [6, 6.07) is 8.13. The van der Waals surface area contributed by atoms with Crippen molar-refractivity contribution in [3.63, 3.8) is 0 Å². The van der Waals surface area contributed by atoms with Crippen LogP contribution in [0.1, 0.15) is 106 Å². The maximum atomic E-state index is 14.1. The number of aromatic nitrogens is 4. The van der Waals surface area contributed by atoms with Crippen molar-refractivity contribution in [2.75, 3.05) is 24.7 Å². The topological polar surface area (TPSA) is 107 Å². The van der Waals surface area contributed by atoms with Crippen molar-refractivity contribution in [3.05, 3.63) is 41.9 Å². The van der Waals surface area contributed by atoms with Gasteiger partial charge < -0.3 is 18.6 Å². The summed E-state index contributed by atoms with van der Waals surface area (Å²) >= 11 is 0. The average molecular weight is 544 g/mol. The summed E-state index contributed by atoms with van der Waals surface area (Å²) in [5.41, 5.74) is 1.90. The Kier molecular flexibility index (Phi) is 5.87. The van der Waals surface area contributed by atoms with Gasteiger partial charge in [-0.1, -0.05) is 11.2 Å². The van der Waals surface area contributed by atoms with Crippen LogP contribution in [0, 0.1) is 11.3 Å². The van der Waals surface area contributed by atoms with E-state index in [0.29, 0.717) is 30.9 Å². The van der Waals surface area contributed by atoms with Gasteiger partial charge in [-0.15, -0.1) is 10.2 Å². The van der Waals surface area contributed by atoms with E-state index in [4.69, 9.17) is 18.7 Å². The van der Waals surface area contributed by atoms with Crippen molar-refractivity contribution in [2.45, 2.75) is 94.3 Å². The molecule has 0 atom stereocenters. The predicted molar refractivity (Wildman–Crippen MR) is 146 cm³/mol. The van der Waals surface area contributed by atoms with Crippen molar-refractivity contribution in [3.8, 4) is 11.5 Å². The molecule has 40 heavy (non-hydrogen) atoms. The maximum Gasteiger partial charge on any atom is 0.247 e. The Morgan fingerprint density at radius 2 is 1.68 bits per heavy atom. The SMILES string of the molecule is O=C(C1CCOCC1)N(CC12CCC(c3nc(C4CC4)no3)(CC1)CC2)c1cccc(-c2nnc(C3CC3)o2)c1. The zero-order valence-electron chi connectivity index (χ0n) is 23.0. The molecule has 2 aromatic heterocycles. The second-order valence-corrected chi connectivity index (χ2v) is 13.1. The lowest BCUT2D eigenvalue weighted by molar-refractivity contribution is -0.126. The van der Waals surface area contributed by atoms with Gasteiger partial charge in [-0.05, 0) is 101 Å². The van der Waals surface area contributed by atoms with E-state index in [2.05, 4.69) is 32.4 Å². The van der Waals surface area contributed by atoms with Gasteiger partial charge in [0.05, 0.1) is 0 Å². The van der Waals surface area contributed by atoms with Crippen LogP contribution in [-0.2, 0) is 14.9 Å². The maximum absolute atomic E-state index is 14.1. The highest BCUT2D eigenvalue weighted by Gasteiger charge is 2.53. The summed E-state index contributed by atoms with van der Waals surface area (Å²) in [6.07, 6.45) is 12.5. The van der Waals surface area contributed by atoms with Gasteiger partial charge in [-0.3, -0.25) is 4.79 Å². The number of ether oxygens (including phenoxy) is 1. The molecule has 6 aliphatic rings. The number of hydrogen-bond donors (Lipinski definition) is 0. The summed E-state index contributed by atoms with van der Waals surface area (Å²) < 4.78 is 17.4. The monoisotopic (exact) mass is 543 g/mol. The van der Waals surface area contributed by atoms with Crippen LogP contribution in [0.2, 0.25) is 0 Å². The number of benzene rings is 1. The molecule has 9 nitrogen and oxygen atoms in total. The van der Waals surface area contributed by atoms with Crippen LogP contribution in [0.3, 0.4) is 0 Å². The Morgan fingerprint density at radius 1 is 0.925 bits per heavy atom. The quantitative estimate of drug-likeness (QED) is 0.344. The fourth-order valence-electron chi connectivity index (χ4n) is 7.23. The number of anilines is 1. The summed E-state index contributed by atoms with van der Waals surface area (Å²) in [6.45, 7) is 2.03. The molecule has 1 aliphatic heterocycles. The second kappa shape index (κ2) is 9.50. The van der Waals surface area contributed by atoms with Crippen LogP contribution in [-0.4, -0.2) is 46.0 Å². The van der Waals surface area contributed by atoms with Crippen molar-refractivity contribution in [2.24, 2.45) is 11.3 Å². The predicted octanol–water partition coefficient (Wildman–Crippen LogP) is 5.93. The summed E-state index contributed by atoms with van der Waals surface area (Å²) in [5, 5.41) is 12.9. The Morgan fingerprint density at radius 3 is 2.40 bits per heavy atom. The molecule has 3 heterocycles. The van der Waals surface area contributed by atoms with Crippen LogP contribution in [0.15, 0.2) is 33.2 Å². The lowest BCUT2D eigenvalue weighted by Crippen LogP contribution is -2.52. The molecule has 1 aromatic carbocycles. The zero-order valence-corrected chi connectivity index (χ0v) is 23.0. The van der Waals surface area contributed by atoms with Gasteiger partial charge in [0, 0.05) is 54.2 Å². The van der Waals surface area contributed by atoms with Crippen LogP contribution in [0.4, 0.5) is 5.69 Å². The number of amides is 1. The highest BCUT2D eigenvalue weighted by atomic mass is 16.5. The lowest BCUT2D eigenvalue weighted by Gasteiger charge is -2.53. The van der Waals surface area contributed by atoms with Gasteiger partial charge >= 0.3 is 0 Å². The first-order valence-electron chi connectivity index (χ1n) is 15.3. The van der Waals surface area contributed by atoms with Gasteiger partial charge in [0.25, 0.3) is 0 Å². The number of carbonyl (C=O) groups excluding carboxylic acids is 1. The number of nitrogens with zero attached hydrogens (tertiary/aromatic N) is 5. The summed E-state index contributed by atoms with van der Waals surface area (Å²) in [7, 11) is 0. The van der Waals surface area contributed by atoms with Crippen molar-refractivity contribution in [1.82, 2.24) is 20.3 Å². The molecule has 1 saturated heterocycles. The first-order chi connectivity index (χ1) is 19.6. The number of rotatable bonds is 8. The van der Waals surface area contributed by atoms with E-state index in [-0.39, 0.29) is 22.7 Å². The van der Waals surface area contributed by atoms with E-state index < -0.39 is 0 Å². The number of hydrogen-bond acceptors (Lipinski definition) is 8. The first kappa shape index (κ1) is 24.7. The van der Waals surface area contributed by atoms with E-state index in [1.807, 2.05) is 12.1 Å². The molecule has 9 rings (SSSR count). The zero-order chi connectivity index (χ0) is 26.7. The molecular weight excluding hydrogens is 506 g/mol. The van der Waals surface area contributed by atoms with Crippen molar-refractivity contribution in [1.29, 1.82) is 0 Å². The van der Waals surface area contributed by atoms with Crippen LogP contribution in [0.25, 0.3) is 11.5 Å². The smallest absolute Gasteiger partial charge is 0.247 e. The Bertz CT molecular complexity index is 1380. The third-order valence-electron chi connectivity index (χ3n) is 10.3. The van der Waals surface area contributed by atoms with Crippen LogP contribution >= 0.6 is 0 Å². The fraction of sp³-hybridized carbons (Fsp3) is 0.645. The molecule has 6 fully saturated rings.